The van der Waals surface area contributed by atoms with E-state index in [-0.39, 0.29) is 11.7 Å². The number of carbonyl (C=O) groups excluding carboxylic acids is 1. The van der Waals surface area contributed by atoms with E-state index in [2.05, 4.69) is 34.3 Å². The number of rotatable bonds is 5. The van der Waals surface area contributed by atoms with Crippen molar-refractivity contribution in [1.82, 2.24) is 20.5 Å². The minimum Gasteiger partial charge on any atom is -0.349 e. The first-order valence-electron chi connectivity index (χ1n) is 5.82. The van der Waals surface area contributed by atoms with E-state index in [1.165, 1.54) is 12.8 Å². The van der Waals surface area contributed by atoms with Gasteiger partial charge >= 0.3 is 0 Å². The maximum absolute atomic E-state index is 11.7. The van der Waals surface area contributed by atoms with Gasteiger partial charge in [0, 0.05) is 13.0 Å². The quantitative estimate of drug-likeness (QED) is 0.788. The van der Waals surface area contributed by atoms with Crippen LogP contribution in [0.4, 0.5) is 0 Å². The highest BCUT2D eigenvalue weighted by atomic mass is 16.2. The number of nitrogens with zero attached hydrogens (tertiary/aromatic N) is 2. The molecule has 0 radical (unpaired) electrons. The summed E-state index contributed by atoms with van der Waals surface area (Å²) in [6.45, 7) is 4.97. The van der Waals surface area contributed by atoms with Crippen LogP contribution in [-0.4, -0.2) is 27.6 Å². The van der Waals surface area contributed by atoms with Gasteiger partial charge in [-0.05, 0) is 24.7 Å². The summed E-state index contributed by atoms with van der Waals surface area (Å²) in [6.07, 6.45) is 4.22. The Morgan fingerprint density at radius 1 is 1.56 bits per heavy atom. The molecule has 0 saturated heterocycles. The molecule has 0 unspecified atom stereocenters. The Morgan fingerprint density at radius 3 is 2.94 bits per heavy atom. The van der Waals surface area contributed by atoms with Gasteiger partial charge in [-0.15, -0.1) is 5.10 Å². The normalized spacial score (nSPS) is 17.1. The van der Waals surface area contributed by atoms with Crippen LogP contribution < -0.4 is 5.32 Å². The Labute approximate surface area is 95.0 Å². The molecule has 0 bridgehead atoms. The van der Waals surface area contributed by atoms with E-state index in [4.69, 9.17) is 0 Å². The third-order valence-corrected chi connectivity index (χ3v) is 3.00. The predicted octanol–water partition coefficient (Wildman–Crippen LogP) is 1.29. The molecule has 88 valence electrons. The van der Waals surface area contributed by atoms with Gasteiger partial charge in [0.1, 0.15) is 5.82 Å². The molecule has 1 fully saturated rings. The van der Waals surface area contributed by atoms with Gasteiger partial charge in [-0.3, -0.25) is 9.89 Å². The molecule has 2 rings (SSSR count). The summed E-state index contributed by atoms with van der Waals surface area (Å²) in [5, 5.41) is 9.56. The van der Waals surface area contributed by atoms with Crippen LogP contribution in [-0.2, 0) is 6.42 Å². The van der Waals surface area contributed by atoms with Crippen molar-refractivity contribution < 1.29 is 4.79 Å². The van der Waals surface area contributed by atoms with Crippen molar-refractivity contribution in [2.45, 2.75) is 39.5 Å². The second-order valence-electron chi connectivity index (χ2n) is 4.85. The maximum atomic E-state index is 11.7. The fraction of sp³-hybridized carbons (Fsp3) is 0.727. The molecule has 2 N–H and O–H groups in total. The molecule has 16 heavy (non-hydrogen) atoms. The third kappa shape index (κ3) is 2.59. The molecule has 1 aliphatic carbocycles. The molecular formula is C11H18N4O. The van der Waals surface area contributed by atoms with Crippen molar-refractivity contribution >= 4 is 5.91 Å². The van der Waals surface area contributed by atoms with E-state index in [1.807, 2.05) is 0 Å². The summed E-state index contributed by atoms with van der Waals surface area (Å²) in [6, 6.07) is 0. The summed E-state index contributed by atoms with van der Waals surface area (Å²) in [5.74, 6) is 0.865. The molecule has 0 atom stereocenters. The van der Waals surface area contributed by atoms with Crippen molar-refractivity contribution in [3.63, 3.8) is 0 Å². The van der Waals surface area contributed by atoms with Crippen LogP contribution in [0, 0.1) is 5.41 Å². The average Bonchev–Trinajstić information content (AvgIpc) is 2.81. The Hall–Kier alpha value is -1.39. The number of amides is 1. The fourth-order valence-electron chi connectivity index (χ4n) is 1.51. The molecule has 1 aliphatic rings. The van der Waals surface area contributed by atoms with Crippen LogP contribution in [0.5, 0.6) is 0 Å². The number of aryl methyl sites for hydroxylation is 1. The maximum Gasteiger partial charge on any atom is 0.290 e. The van der Waals surface area contributed by atoms with E-state index in [0.29, 0.717) is 5.41 Å². The number of carbonyl (C=O) groups is 1. The van der Waals surface area contributed by atoms with E-state index in [0.717, 1.165) is 25.2 Å². The van der Waals surface area contributed by atoms with Gasteiger partial charge in [0.05, 0.1) is 0 Å². The van der Waals surface area contributed by atoms with E-state index in [9.17, 15) is 4.79 Å². The zero-order chi connectivity index (χ0) is 11.6. The van der Waals surface area contributed by atoms with Gasteiger partial charge < -0.3 is 5.32 Å². The lowest BCUT2D eigenvalue weighted by atomic mass is 10.1. The summed E-state index contributed by atoms with van der Waals surface area (Å²) in [4.78, 5) is 15.8. The number of hydrogen-bond acceptors (Lipinski definition) is 3. The minimum absolute atomic E-state index is 0.174. The molecule has 1 heterocycles. The Bertz CT molecular complexity index is 381. The minimum atomic E-state index is -0.174. The molecule has 0 spiro atoms. The lowest BCUT2D eigenvalue weighted by molar-refractivity contribution is 0.0936. The number of aromatic nitrogens is 3. The van der Waals surface area contributed by atoms with Crippen LogP contribution in [0.2, 0.25) is 0 Å². The summed E-state index contributed by atoms with van der Waals surface area (Å²) in [5.41, 5.74) is 0.318. The summed E-state index contributed by atoms with van der Waals surface area (Å²) >= 11 is 0. The van der Waals surface area contributed by atoms with Crippen molar-refractivity contribution in [1.29, 1.82) is 0 Å². The molecule has 1 aromatic heterocycles. The number of nitrogens with one attached hydrogen (secondary N) is 2. The van der Waals surface area contributed by atoms with Gasteiger partial charge in [0.25, 0.3) is 5.91 Å². The Kier molecular flexibility index (Phi) is 2.94. The molecular weight excluding hydrogens is 204 g/mol. The highest BCUT2D eigenvalue weighted by Gasteiger charge is 2.37. The van der Waals surface area contributed by atoms with E-state index in [1.54, 1.807) is 0 Å². The third-order valence-electron chi connectivity index (χ3n) is 3.00. The fourth-order valence-corrected chi connectivity index (χ4v) is 1.51. The zero-order valence-electron chi connectivity index (χ0n) is 9.84. The lowest BCUT2D eigenvalue weighted by Crippen LogP contribution is -2.29. The van der Waals surface area contributed by atoms with E-state index >= 15 is 0 Å². The van der Waals surface area contributed by atoms with Crippen LogP contribution in [0.25, 0.3) is 0 Å². The Balaban J connectivity index is 1.87. The van der Waals surface area contributed by atoms with Crippen LogP contribution in [0.3, 0.4) is 0 Å². The van der Waals surface area contributed by atoms with Crippen LogP contribution >= 0.6 is 0 Å². The Morgan fingerprint density at radius 2 is 2.31 bits per heavy atom. The SMILES string of the molecule is CCCc1nc(C(=O)NCC2(C)CC2)n[nH]1. The molecule has 0 aromatic carbocycles. The highest BCUT2D eigenvalue weighted by Crippen LogP contribution is 2.43. The monoisotopic (exact) mass is 222 g/mol. The zero-order valence-corrected chi connectivity index (χ0v) is 9.84. The average molecular weight is 222 g/mol. The van der Waals surface area contributed by atoms with Gasteiger partial charge in [-0.1, -0.05) is 13.8 Å². The summed E-state index contributed by atoms with van der Waals surface area (Å²) < 4.78 is 0. The second kappa shape index (κ2) is 4.23. The smallest absolute Gasteiger partial charge is 0.290 e. The first kappa shape index (κ1) is 11.1. The first-order valence-corrected chi connectivity index (χ1v) is 5.82. The molecule has 0 aliphatic heterocycles. The largest absolute Gasteiger partial charge is 0.349 e. The molecule has 5 heteroatoms. The standard InChI is InChI=1S/C11H18N4O/c1-3-4-8-13-9(15-14-8)10(16)12-7-11(2)5-6-11/h3-7H2,1-2H3,(H,12,16)(H,13,14,15). The molecule has 1 saturated carbocycles. The number of H-pyrrole nitrogens is 1. The topological polar surface area (TPSA) is 70.7 Å². The number of hydrogen-bond donors (Lipinski definition) is 2. The second-order valence-corrected chi connectivity index (χ2v) is 4.85. The number of aromatic amines is 1. The molecule has 1 aromatic rings. The van der Waals surface area contributed by atoms with Gasteiger partial charge in [0.2, 0.25) is 5.82 Å². The lowest BCUT2D eigenvalue weighted by Gasteiger charge is -2.07. The summed E-state index contributed by atoms with van der Waals surface area (Å²) in [7, 11) is 0. The van der Waals surface area contributed by atoms with Crippen molar-refractivity contribution in [3.05, 3.63) is 11.6 Å². The molecule has 5 nitrogen and oxygen atoms in total. The first-order chi connectivity index (χ1) is 7.63. The van der Waals surface area contributed by atoms with Crippen LogP contribution in [0.15, 0.2) is 0 Å². The van der Waals surface area contributed by atoms with Crippen molar-refractivity contribution in [3.8, 4) is 0 Å². The highest BCUT2D eigenvalue weighted by molar-refractivity contribution is 5.90. The van der Waals surface area contributed by atoms with Gasteiger partial charge in [-0.25, -0.2) is 4.98 Å². The predicted molar refractivity (Wildman–Crippen MR) is 60.1 cm³/mol. The van der Waals surface area contributed by atoms with Gasteiger partial charge in [0.15, 0.2) is 0 Å². The van der Waals surface area contributed by atoms with Crippen LogP contribution in [0.1, 0.15) is 49.6 Å². The van der Waals surface area contributed by atoms with E-state index < -0.39 is 0 Å². The van der Waals surface area contributed by atoms with Gasteiger partial charge in [-0.2, -0.15) is 0 Å². The van der Waals surface area contributed by atoms with Crippen molar-refractivity contribution in [2.24, 2.45) is 5.41 Å². The molecule has 1 amide bonds. The van der Waals surface area contributed by atoms with Crippen molar-refractivity contribution in [2.75, 3.05) is 6.54 Å².